The molecule has 22 heavy (non-hydrogen) atoms. The molecule has 2 rings (SSSR count). The first kappa shape index (κ1) is 15.5. The zero-order chi connectivity index (χ0) is 15.9. The Hall–Kier alpha value is -2.89. The second-order valence-electron chi connectivity index (χ2n) is 4.83. The monoisotopic (exact) mass is 300 g/mol. The molecule has 0 heterocycles. The number of nitro benzene ring substituents is 1. The van der Waals surface area contributed by atoms with Crippen LogP contribution >= 0.6 is 0 Å². The van der Waals surface area contributed by atoms with Crippen LogP contribution in [0.15, 0.2) is 54.6 Å². The van der Waals surface area contributed by atoms with Gasteiger partial charge in [0.2, 0.25) is 0 Å². The summed E-state index contributed by atoms with van der Waals surface area (Å²) in [5.74, 6) is -0.900. The standard InChI is InChI=1S/C16H16N2O4/c19-16(20)9-10-17(12-13-5-2-1-3-6-13)14-7-4-8-15(11-14)18(21)22/h1-8,11H,9-10,12H2,(H,19,20). The number of non-ortho nitro benzene ring substituents is 1. The number of carboxylic acids is 1. The van der Waals surface area contributed by atoms with Crippen LogP contribution in [-0.2, 0) is 11.3 Å². The zero-order valence-corrected chi connectivity index (χ0v) is 11.9. The van der Waals surface area contributed by atoms with Gasteiger partial charge in [-0.2, -0.15) is 0 Å². The summed E-state index contributed by atoms with van der Waals surface area (Å²) < 4.78 is 0. The molecule has 0 aliphatic carbocycles. The Morgan fingerprint density at radius 2 is 1.86 bits per heavy atom. The minimum Gasteiger partial charge on any atom is -0.481 e. The third-order valence-electron chi connectivity index (χ3n) is 3.22. The van der Waals surface area contributed by atoms with E-state index in [0.717, 1.165) is 5.56 Å². The maximum atomic E-state index is 10.9. The van der Waals surface area contributed by atoms with Crippen LogP contribution in [0.3, 0.4) is 0 Å². The fraction of sp³-hybridized carbons (Fsp3) is 0.188. The SMILES string of the molecule is O=C(O)CCN(Cc1ccccc1)c1cccc([N+](=O)[O-])c1. The summed E-state index contributed by atoms with van der Waals surface area (Å²) in [5.41, 5.74) is 1.64. The maximum Gasteiger partial charge on any atom is 0.305 e. The van der Waals surface area contributed by atoms with Gasteiger partial charge < -0.3 is 10.0 Å². The Kier molecular flexibility index (Phi) is 5.08. The summed E-state index contributed by atoms with van der Waals surface area (Å²) in [4.78, 5) is 23.1. The predicted molar refractivity (Wildman–Crippen MR) is 82.8 cm³/mol. The minimum absolute atomic E-state index is 0.00844. The summed E-state index contributed by atoms with van der Waals surface area (Å²) in [6.45, 7) is 0.778. The van der Waals surface area contributed by atoms with E-state index in [9.17, 15) is 14.9 Å². The molecule has 2 aromatic rings. The van der Waals surface area contributed by atoms with E-state index in [1.165, 1.54) is 12.1 Å². The molecular weight excluding hydrogens is 284 g/mol. The second-order valence-corrected chi connectivity index (χ2v) is 4.83. The van der Waals surface area contributed by atoms with Crippen molar-refractivity contribution in [1.82, 2.24) is 0 Å². The van der Waals surface area contributed by atoms with Gasteiger partial charge in [0.15, 0.2) is 0 Å². The van der Waals surface area contributed by atoms with Crippen molar-refractivity contribution in [3.05, 3.63) is 70.3 Å². The largest absolute Gasteiger partial charge is 0.481 e. The van der Waals surface area contributed by atoms with Crippen molar-refractivity contribution < 1.29 is 14.8 Å². The van der Waals surface area contributed by atoms with Crippen molar-refractivity contribution in [2.24, 2.45) is 0 Å². The fourth-order valence-corrected chi connectivity index (χ4v) is 2.14. The number of carboxylic acid groups (broad SMARTS) is 1. The molecule has 0 spiro atoms. The van der Waals surface area contributed by atoms with Gasteiger partial charge in [0.05, 0.1) is 11.3 Å². The summed E-state index contributed by atoms with van der Waals surface area (Å²) in [5, 5.41) is 19.8. The Labute approximate surface area is 127 Å². The molecular formula is C16H16N2O4. The molecule has 0 bridgehead atoms. The van der Waals surface area contributed by atoms with Crippen molar-refractivity contribution >= 4 is 17.3 Å². The van der Waals surface area contributed by atoms with Crippen LogP contribution in [0, 0.1) is 10.1 Å². The minimum atomic E-state index is -0.900. The van der Waals surface area contributed by atoms with Crippen LogP contribution in [0.2, 0.25) is 0 Å². The first-order valence-corrected chi connectivity index (χ1v) is 6.81. The Bertz CT molecular complexity index is 658. The number of nitrogens with zero attached hydrogens (tertiary/aromatic N) is 2. The lowest BCUT2D eigenvalue weighted by Gasteiger charge is -2.24. The van der Waals surface area contributed by atoms with Crippen LogP contribution in [0.1, 0.15) is 12.0 Å². The molecule has 0 atom stereocenters. The number of rotatable bonds is 7. The number of anilines is 1. The van der Waals surface area contributed by atoms with Gasteiger partial charge in [-0.1, -0.05) is 36.4 Å². The number of hydrogen-bond acceptors (Lipinski definition) is 4. The van der Waals surface area contributed by atoms with E-state index in [1.54, 1.807) is 12.1 Å². The zero-order valence-electron chi connectivity index (χ0n) is 11.9. The van der Waals surface area contributed by atoms with Crippen LogP contribution in [-0.4, -0.2) is 22.5 Å². The van der Waals surface area contributed by atoms with Crippen LogP contribution in [0.4, 0.5) is 11.4 Å². The summed E-state index contributed by atoms with van der Waals surface area (Å²) in [6.07, 6.45) is -0.0322. The lowest BCUT2D eigenvalue weighted by atomic mass is 10.2. The smallest absolute Gasteiger partial charge is 0.305 e. The van der Waals surface area contributed by atoms with Crippen LogP contribution < -0.4 is 4.90 Å². The molecule has 1 N–H and O–H groups in total. The van der Waals surface area contributed by atoms with Gasteiger partial charge in [0, 0.05) is 30.9 Å². The number of aliphatic carboxylic acids is 1. The fourth-order valence-electron chi connectivity index (χ4n) is 2.14. The molecule has 0 fully saturated rings. The maximum absolute atomic E-state index is 10.9. The third kappa shape index (κ3) is 4.31. The molecule has 0 radical (unpaired) electrons. The molecule has 0 aromatic heterocycles. The molecule has 2 aromatic carbocycles. The number of hydrogen-bond donors (Lipinski definition) is 1. The third-order valence-corrected chi connectivity index (χ3v) is 3.22. The van der Waals surface area contributed by atoms with Gasteiger partial charge >= 0.3 is 5.97 Å². The molecule has 0 unspecified atom stereocenters. The molecule has 114 valence electrons. The van der Waals surface area contributed by atoms with Gasteiger partial charge in [0.1, 0.15) is 0 Å². The average molecular weight is 300 g/mol. The number of nitro groups is 1. The highest BCUT2D eigenvalue weighted by Crippen LogP contribution is 2.23. The molecule has 0 amide bonds. The van der Waals surface area contributed by atoms with E-state index in [-0.39, 0.29) is 18.7 Å². The van der Waals surface area contributed by atoms with Crippen molar-refractivity contribution in [1.29, 1.82) is 0 Å². The second kappa shape index (κ2) is 7.21. The molecule has 0 saturated heterocycles. The Balaban J connectivity index is 2.25. The topological polar surface area (TPSA) is 83.7 Å². The van der Waals surface area contributed by atoms with E-state index in [2.05, 4.69) is 0 Å². The predicted octanol–water partition coefficient (Wildman–Crippen LogP) is 3.08. The average Bonchev–Trinajstić information content (AvgIpc) is 2.52. The first-order valence-electron chi connectivity index (χ1n) is 6.81. The van der Waals surface area contributed by atoms with Gasteiger partial charge in [0.25, 0.3) is 5.69 Å². The molecule has 0 saturated carbocycles. The van der Waals surface area contributed by atoms with Crippen LogP contribution in [0.5, 0.6) is 0 Å². The van der Waals surface area contributed by atoms with Gasteiger partial charge in [-0.3, -0.25) is 14.9 Å². The van der Waals surface area contributed by atoms with Crippen molar-refractivity contribution in [2.45, 2.75) is 13.0 Å². The van der Waals surface area contributed by atoms with Gasteiger partial charge in [-0.05, 0) is 11.6 Å². The number of carbonyl (C=O) groups is 1. The summed E-state index contributed by atoms with van der Waals surface area (Å²) >= 11 is 0. The van der Waals surface area contributed by atoms with Crippen molar-refractivity contribution in [2.75, 3.05) is 11.4 Å². The van der Waals surface area contributed by atoms with E-state index in [0.29, 0.717) is 12.2 Å². The highest BCUT2D eigenvalue weighted by molar-refractivity contribution is 5.68. The van der Waals surface area contributed by atoms with Gasteiger partial charge in [-0.15, -0.1) is 0 Å². The quantitative estimate of drug-likeness (QED) is 0.627. The molecule has 6 heteroatoms. The van der Waals surface area contributed by atoms with E-state index < -0.39 is 10.9 Å². The van der Waals surface area contributed by atoms with E-state index in [1.807, 2.05) is 35.2 Å². The van der Waals surface area contributed by atoms with Crippen LogP contribution in [0.25, 0.3) is 0 Å². The number of benzene rings is 2. The summed E-state index contributed by atoms with van der Waals surface area (Å²) in [7, 11) is 0. The van der Waals surface area contributed by atoms with E-state index in [4.69, 9.17) is 5.11 Å². The van der Waals surface area contributed by atoms with Crippen molar-refractivity contribution in [3.63, 3.8) is 0 Å². The Morgan fingerprint density at radius 3 is 2.50 bits per heavy atom. The molecule has 0 aliphatic heterocycles. The lowest BCUT2D eigenvalue weighted by molar-refractivity contribution is -0.384. The highest BCUT2D eigenvalue weighted by atomic mass is 16.6. The highest BCUT2D eigenvalue weighted by Gasteiger charge is 2.13. The first-order chi connectivity index (χ1) is 10.6. The van der Waals surface area contributed by atoms with Gasteiger partial charge in [-0.25, -0.2) is 0 Å². The Morgan fingerprint density at radius 1 is 1.14 bits per heavy atom. The lowest BCUT2D eigenvalue weighted by Crippen LogP contribution is -2.25. The molecule has 6 nitrogen and oxygen atoms in total. The van der Waals surface area contributed by atoms with E-state index >= 15 is 0 Å². The normalized spacial score (nSPS) is 10.2. The molecule has 0 aliphatic rings. The summed E-state index contributed by atoms with van der Waals surface area (Å²) in [6, 6.07) is 15.8. The van der Waals surface area contributed by atoms with Crippen molar-refractivity contribution in [3.8, 4) is 0 Å².